The fraction of sp³-hybridized carbons (Fsp3) is 0. The Morgan fingerprint density at radius 2 is 0.900 bits per heavy atom. The molecule has 11 aromatic rings. The molecule has 2 aromatic heterocycles. The first-order valence-electron chi connectivity index (χ1n) is 17.1. The zero-order valence-corrected chi connectivity index (χ0v) is 27.8. The number of para-hydroxylation sites is 1. The molecular formula is C48H28OS. The second-order valence-corrected chi connectivity index (χ2v) is 14.2. The van der Waals surface area contributed by atoms with Gasteiger partial charge < -0.3 is 4.42 Å². The van der Waals surface area contributed by atoms with E-state index in [4.69, 9.17) is 4.42 Å². The predicted molar refractivity (Wildman–Crippen MR) is 215 cm³/mol. The highest BCUT2D eigenvalue weighted by molar-refractivity contribution is 7.27. The summed E-state index contributed by atoms with van der Waals surface area (Å²) in [4.78, 5) is 0. The molecule has 0 atom stereocenters. The van der Waals surface area contributed by atoms with Crippen molar-refractivity contribution >= 4 is 85.8 Å². The lowest BCUT2D eigenvalue weighted by molar-refractivity contribution is 0.669. The lowest BCUT2D eigenvalue weighted by Gasteiger charge is -2.18. The summed E-state index contributed by atoms with van der Waals surface area (Å²) in [6.45, 7) is 0. The summed E-state index contributed by atoms with van der Waals surface area (Å²) in [5, 5.41) is 12.5. The quantitative estimate of drug-likeness (QED) is 0.173. The molecule has 0 unspecified atom stereocenters. The first kappa shape index (κ1) is 27.7. The summed E-state index contributed by atoms with van der Waals surface area (Å²) in [5.74, 6) is 0. The van der Waals surface area contributed by atoms with Gasteiger partial charge in [-0.05, 0) is 90.0 Å². The van der Waals surface area contributed by atoms with Crippen molar-refractivity contribution in [3.63, 3.8) is 0 Å². The molecule has 1 nitrogen and oxygen atoms in total. The van der Waals surface area contributed by atoms with Gasteiger partial charge in [0.1, 0.15) is 11.2 Å². The Bertz CT molecular complexity index is 3080. The van der Waals surface area contributed by atoms with Gasteiger partial charge in [-0.1, -0.05) is 146 Å². The van der Waals surface area contributed by atoms with Gasteiger partial charge in [-0.25, -0.2) is 0 Å². The molecule has 9 aromatic carbocycles. The van der Waals surface area contributed by atoms with Crippen LogP contribution in [0.2, 0.25) is 0 Å². The van der Waals surface area contributed by atoms with Crippen molar-refractivity contribution in [2.75, 3.05) is 0 Å². The maximum absolute atomic E-state index is 6.49. The first-order chi connectivity index (χ1) is 24.8. The number of benzene rings is 9. The normalized spacial score (nSPS) is 12.0. The topological polar surface area (TPSA) is 13.1 Å². The van der Waals surface area contributed by atoms with Crippen LogP contribution in [0, 0.1) is 0 Å². The van der Waals surface area contributed by atoms with Crippen LogP contribution >= 0.6 is 11.3 Å². The van der Waals surface area contributed by atoms with Crippen LogP contribution in [0.15, 0.2) is 174 Å². The van der Waals surface area contributed by atoms with E-state index in [1.807, 2.05) is 17.4 Å². The van der Waals surface area contributed by atoms with Gasteiger partial charge in [-0.2, -0.15) is 0 Å². The molecule has 0 bridgehead atoms. The number of hydrogen-bond acceptors (Lipinski definition) is 2. The van der Waals surface area contributed by atoms with Crippen molar-refractivity contribution in [2.24, 2.45) is 0 Å². The molecule has 0 amide bonds. The van der Waals surface area contributed by atoms with Crippen molar-refractivity contribution in [1.82, 2.24) is 0 Å². The molecule has 0 saturated carbocycles. The third-order valence-corrected chi connectivity index (χ3v) is 11.6. The molecule has 2 heterocycles. The predicted octanol–water partition coefficient (Wildman–Crippen LogP) is 14.4. The Kier molecular flexibility index (Phi) is 5.89. The van der Waals surface area contributed by atoms with Gasteiger partial charge in [0.2, 0.25) is 0 Å². The molecule has 0 N–H and O–H groups in total. The lowest BCUT2D eigenvalue weighted by atomic mass is 9.85. The summed E-state index contributed by atoms with van der Waals surface area (Å²) in [6.07, 6.45) is 0. The number of fused-ring (bicyclic) bond motifs is 10. The Balaban J connectivity index is 1.14. The highest BCUT2D eigenvalue weighted by Gasteiger charge is 2.20. The van der Waals surface area contributed by atoms with E-state index in [0.717, 1.165) is 11.2 Å². The molecule has 0 saturated heterocycles. The summed E-state index contributed by atoms with van der Waals surface area (Å²) >= 11 is 1.86. The zero-order valence-electron chi connectivity index (χ0n) is 27.0. The Morgan fingerprint density at radius 1 is 0.360 bits per heavy atom. The number of thiophene rings is 1. The van der Waals surface area contributed by atoms with Crippen molar-refractivity contribution < 1.29 is 4.42 Å². The van der Waals surface area contributed by atoms with E-state index < -0.39 is 0 Å². The van der Waals surface area contributed by atoms with E-state index in [9.17, 15) is 0 Å². The van der Waals surface area contributed by atoms with E-state index in [1.165, 1.54) is 96.6 Å². The van der Waals surface area contributed by atoms with Crippen molar-refractivity contribution in [1.29, 1.82) is 0 Å². The number of hydrogen-bond donors (Lipinski definition) is 0. The third-order valence-electron chi connectivity index (χ3n) is 10.4. The largest absolute Gasteiger partial charge is 0.456 e. The first-order valence-corrected chi connectivity index (χ1v) is 17.9. The fourth-order valence-electron chi connectivity index (χ4n) is 8.23. The summed E-state index contributed by atoms with van der Waals surface area (Å²) in [6, 6.07) is 61.9. The second-order valence-electron chi connectivity index (χ2n) is 13.2. The molecule has 0 radical (unpaired) electrons. The Hall–Kier alpha value is -6.22. The molecule has 0 aliphatic heterocycles. The molecule has 50 heavy (non-hydrogen) atoms. The van der Waals surface area contributed by atoms with E-state index in [2.05, 4.69) is 164 Å². The van der Waals surface area contributed by atoms with Crippen LogP contribution < -0.4 is 0 Å². The monoisotopic (exact) mass is 652 g/mol. The van der Waals surface area contributed by atoms with Crippen LogP contribution in [0.3, 0.4) is 0 Å². The average molecular weight is 653 g/mol. The molecular weight excluding hydrogens is 625 g/mol. The van der Waals surface area contributed by atoms with Crippen molar-refractivity contribution in [2.45, 2.75) is 0 Å². The van der Waals surface area contributed by atoms with E-state index in [1.54, 1.807) is 0 Å². The molecule has 11 rings (SSSR count). The van der Waals surface area contributed by atoms with Gasteiger partial charge in [-0.3, -0.25) is 0 Å². The van der Waals surface area contributed by atoms with Crippen LogP contribution in [0.4, 0.5) is 0 Å². The van der Waals surface area contributed by atoms with Gasteiger partial charge in [-0.15, -0.1) is 11.3 Å². The van der Waals surface area contributed by atoms with E-state index in [-0.39, 0.29) is 0 Å². The van der Waals surface area contributed by atoms with E-state index >= 15 is 0 Å². The van der Waals surface area contributed by atoms with Gasteiger partial charge in [0, 0.05) is 30.9 Å². The molecule has 0 aliphatic carbocycles. The maximum atomic E-state index is 6.49. The van der Waals surface area contributed by atoms with E-state index in [0.29, 0.717) is 0 Å². The Labute approximate surface area is 292 Å². The number of furan rings is 1. The average Bonchev–Trinajstić information content (AvgIpc) is 3.75. The van der Waals surface area contributed by atoms with Crippen LogP contribution in [-0.2, 0) is 0 Å². The van der Waals surface area contributed by atoms with Gasteiger partial charge in [0.15, 0.2) is 0 Å². The fourth-order valence-corrected chi connectivity index (χ4v) is 9.51. The smallest absolute Gasteiger partial charge is 0.137 e. The van der Waals surface area contributed by atoms with Crippen LogP contribution in [0.5, 0.6) is 0 Å². The molecule has 2 heteroatoms. The van der Waals surface area contributed by atoms with Crippen molar-refractivity contribution in [3.8, 4) is 33.4 Å². The minimum atomic E-state index is 0.930. The highest BCUT2D eigenvalue weighted by atomic mass is 32.1. The minimum Gasteiger partial charge on any atom is -0.456 e. The van der Waals surface area contributed by atoms with Crippen LogP contribution in [0.1, 0.15) is 0 Å². The SMILES string of the molecule is c1ccc2cc(-c3c4ccccc4c(-c4ccc(-c5cc6oc7ccccc7c6c6sc7ccccc7c56)cc4)c4ccccc34)ccc2c1. The highest BCUT2D eigenvalue weighted by Crippen LogP contribution is 2.48. The van der Waals surface area contributed by atoms with Gasteiger partial charge in [0.05, 0.1) is 0 Å². The molecule has 0 spiro atoms. The molecule has 0 aliphatic rings. The van der Waals surface area contributed by atoms with Crippen LogP contribution in [0.25, 0.3) is 108 Å². The molecule has 232 valence electrons. The Morgan fingerprint density at radius 3 is 1.62 bits per heavy atom. The summed E-state index contributed by atoms with van der Waals surface area (Å²) < 4.78 is 9.07. The number of rotatable bonds is 3. The third kappa shape index (κ3) is 4.00. The second kappa shape index (κ2) is 10.6. The summed E-state index contributed by atoms with van der Waals surface area (Å²) in [7, 11) is 0. The molecule has 0 fully saturated rings. The standard InChI is InChI=1S/C48H28OS/c1-2-12-32-27-33(26-21-29(32)11-1)45-36-15-5-3-13-34(36)44(35-14-4-6-16-37(35)45)31-24-22-30(23-25-31)40-28-42-47(38-17-7-9-19-41(38)49-42)48-46(40)39-18-8-10-20-43(39)50-48/h1-28H. The minimum absolute atomic E-state index is 0.930. The van der Waals surface area contributed by atoms with Crippen molar-refractivity contribution in [3.05, 3.63) is 170 Å². The maximum Gasteiger partial charge on any atom is 0.137 e. The summed E-state index contributed by atoms with van der Waals surface area (Å²) in [5.41, 5.74) is 9.26. The van der Waals surface area contributed by atoms with Gasteiger partial charge in [0.25, 0.3) is 0 Å². The lowest BCUT2D eigenvalue weighted by Crippen LogP contribution is -1.91. The van der Waals surface area contributed by atoms with Gasteiger partial charge >= 0.3 is 0 Å². The zero-order chi connectivity index (χ0) is 32.8. The van der Waals surface area contributed by atoms with Crippen LogP contribution in [-0.4, -0.2) is 0 Å².